The van der Waals surface area contributed by atoms with E-state index in [0.717, 1.165) is 48.7 Å². The van der Waals surface area contributed by atoms with E-state index in [9.17, 15) is 56.2 Å². The molecule has 0 spiro atoms. The van der Waals surface area contributed by atoms with Crippen LogP contribution in [0.15, 0.2) is 48.5 Å². The van der Waals surface area contributed by atoms with Gasteiger partial charge in [-0.2, -0.15) is 0 Å². The Hall–Kier alpha value is -7.16. The van der Waals surface area contributed by atoms with Gasteiger partial charge in [-0.05, 0) is 191 Å². The number of esters is 4. The number of nitrogens with zero attached hydrogens (tertiary/aromatic N) is 4. The molecule has 4 saturated heterocycles. The number of hydrogen-bond donors (Lipinski definition) is 4. The fourth-order valence-corrected chi connectivity index (χ4v) is 10.4. The number of carbonyl (C=O) groups is 4. The summed E-state index contributed by atoms with van der Waals surface area (Å²) in [6.45, 7) is -84.8. The predicted molar refractivity (Wildman–Crippen MR) is 471 cm³/mol. The van der Waals surface area contributed by atoms with Crippen molar-refractivity contribution in [2.45, 2.75) is 259 Å². The molecule has 0 radical (unpaired) electrons. The molecule has 8 heterocycles. The summed E-state index contributed by atoms with van der Waals surface area (Å²) in [5.74, 6) is -70.0. The zero-order valence-electron chi connectivity index (χ0n) is 169. The van der Waals surface area contributed by atoms with Crippen LogP contribution >= 0.6 is 0 Å². The van der Waals surface area contributed by atoms with Gasteiger partial charge in [0.2, 0.25) is 0 Å². The van der Waals surface area contributed by atoms with Crippen molar-refractivity contribution in [3.8, 4) is 46.0 Å². The number of ether oxygens (including phenoxy) is 12. The number of carbonyl (C=O) groups excluding carboxylic acids is 4. The molecular weight excluding hydrogens is 1520 g/mol. The van der Waals surface area contributed by atoms with E-state index >= 15 is 0 Å². The Morgan fingerprint density at radius 3 is 0.850 bits per heavy atom. The summed E-state index contributed by atoms with van der Waals surface area (Å²) in [5, 5.41) is 0. The second kappa shape index (κ2) is 43.9. The van der Waals surface area contributed by atoms with Crippen LogP contribution in [0.3, 0.4) is 0 Å². The molecule has 4 aromatic rings. The first-order valence-corrected chi connectivity index (χ1v) is 33.5. The minimum Gasteiger partial charge on any atom is -0.493 e. The van der Waals surface area contributed by atoms with E-state index in [2.05, 4.69) is 0 Å². The number of fused-ring (bicyclic) bond motifs is 12. The van der Waals surface area contributed by atoms with Gasteiger partial charge in [-0.3, -0.25) is 38.8 Å². The summed E-state index contributed by atoms with van der Waals surface area (Å²) >= 11 is 0. The van der Waals surface area contributed by atoms with Gasteiger partial charge in [-0.25, -0.2) is 0 Å². The minimum absolute atomic E-state index is 0.180. The third kappa shape index (κ3) is 23.8. The van der Waals surface area contributed by atoms with Crippen LogP contribution in [0, 0.1) is 70.7 Å². The third-order valence-electron chi connectivity index (χ3n) is 15.8. The molecule has 0 amide bonds. The van der Waals surface area contributed by atoms with E-state index in [0.29, 0.717) is 49.4 Å². The maximum absolute atomic E-state index is 14.0. The molecule has 120 heavy (non-hydrogen) atoms. The number of hydrogen-bond acceptors (Lipinski definition) is 24. The van der Waals surface area contributed by atoms with E-state index in [4.69, 9.17) is 187 Å². The highest BCUT2D eigenvalue weighted by Crippen LogP contribution is 2.50. The van der Waals surface area contributed by atoms with E-state index < -0.39 is 490 Å². The van der Waals surface area contributed by atoms with Crippen molar-refractivity contribution in [3.63, 3.8) is 0 Å². The second-order valence-corrected chi connectivity index (χ2v) is 24.1. The molecule has 0 saturated carbocycles. The van der Waals surface area contributed by atoms with Crippen molar-refractivity contribution < 1.29 is 220 Å². The molecule has 672 valence electrons. The average Bonchev–Trinajstić information content (AvgIpc) is 0.637. The van der Waals surface area contributed by atoms with Crippen LogP contribution in [0.25, 0.3) is 0 Å². The Morgan fingerprint density at radius 1 is 0.367 bits per heavy atom. The van der Waals surface area contributed by atoms with Gasteiger partial charge in [0.1, 0.15) is 48.4 Å². The van der Waals surface area contributed by atoms with Crippen molar-refractivity contribution in [2.75, 3.05) is 109 Å². The van der Waals surface area contributed by atoms with Crippen molar-refractivity contribution in [1.29, 1.82) is 0 Å². The zero-order chi connectivity index (χ0) is 180. The lowest BCUT2D eigenvalue weighted by molar-refractivity contribution is -0.161. The summed E-state index contributed by atoms with van der Waals surface area (Å²) in [4.78, 5) is 53.2. The number of aryl methyl sites for hydroxylation is 4. The molecule has 0 bridgehead atoms. The first-order valence-electron chi connectivity index (χ1n) is 86.0. The Balaban J connectivity index is 0.000000322. The average molecular weight is 1780 g/mol. The molecule has 12 rings (SSSR count). The second-order valence-electron chi connectivity index (χ2n) is 24.1. The highest BCUT2D eigenvalue weighted by atomic mass is 16.6. The highest BCUT2D eigenvalue weighted by Gasteiger charge is 2.47. The SMILES string of the molecule is [2H]C([2H])([2H])C([2H])(C)C([2H])([2H])C1([2H])C(OC(=O)[C@@]([2H])(N)C([2H])(C([2H])([2H])[2H])C([2H])([2H])[2H])C([2H])([2H])C2([2H])c3cc(OC)c(OC)cc3C([2H])([2H])C([2H])([2H])N2C1([2H])[2H].[2H]C([2H])([2H])C([2H])(C)C([2H])([2H])C1([2H])C([2H])([2H])N2C([2H])([2H])C([2H])([2H])c3cc(OC)c(OC)cc3C2([2H])C([2H])([2H])C1([2H])OC(=O)[C@@]([2H])(N)C([2H])(C([2H])([2H])[2H])C([2H])([2H])[2H].[2H]C([2H])([2H])Oc1cc2c(cc1OC)C1([2H])N(C([2H])([2H])C2([2H])[2H])C([2H])([2H])C([2H])(C([2H])([2H])C([2H])(C)C([2H])([2H])[2H])C([2H])(OC(=O)[C@@]([2H])(N)C([2H])(C([2H])([2H])[2H])C([2H])([2H])[2H])C1([2H])[2H].[2H]C([2H])([2H])Oc1cc2c(cc1OC)C1([2H])N(C([2H])([2H])C2([2H])[2H])C([2H])([2H])C([2H])(C([2H])([2H])C([2H])(C)C([2H])([2H])[2H])C([2H])(OC(=O)[C@@]([2H])(N)C([2H])(C([2H])([2H])[2H])C([2H])([2H])[2H])C1([2H])[2H]. The summed E-state index contributed by atoms with van der Waals surface area (Å²) < 4.78 is 952. The topological polar surface area (TPSA) is 296 Å². The Bertz CT molecular complexity index is 8720. The van der Waals surface area contributed by atoms with Gasteiger partial charge in [-0.1, -0.05) is 110 Å². The van der Waals surface area contributed by atoms with Crippen molar-refractivity contribution >= 4 is 23.9 Å². The minimum atomic E-state index is -5.12. The molecule has 0 aromatic heterocycles. The van der Waals surface area contributed by atoms with E-state index in [1.54, 1.807) is 0 Å². The number of methoxy groups -OCH3 is 8. The van der Waals surface area contributed by atoms with E-state index in [-0.39, 0.29) is 32.3 Å². The molecular formula is C96H152N8O16. The van der Waals surface area contributed by atoms with Gasteiger partial charge >= 0.3 is 23.9 Å². The lowest BCUT2D eigenvalue weighted by Crippen LogP contribution is -2.51. The Morgan fingerprint density at radius 2 is 0.600 bits per heavy atom. The summed E-state index contributed by atoms with van der Waals surface area (Å²) in [5.41, 5.74) is 13.1. The van der Waals surface area contributed by atoms with Crippen molar-refractivity contribution in [2.24, 2.45) is 93.7 Å². The van der Waals surface area contributed by atoms with Crippen LogP contribution in [0.1, 0.15) is 373 Å². The summed E-state index contributed by atoms with van der Waals surface area (Å²) in [7, 11) is -0.914. The summed E-state index contributed by atoms with van der Waals surface area (Å²) in [6, 6.07) is -30.2. The molecule has 24 heteroatoms. The molecule has 4 aromatic carbocycles. The lowest BCUT2D eigenvalue weighted by Gasteiger charge is -2.47. The number of nitrogens with two attached hydrogens (primary N) is 4. The van der Waals surface area contributed by atoms with E-state index in [1.807, 2.05) is 0 Å². The Kier molecular flexibility index (Phi) is 10.1. The van der Waals surface area contributed by atoms with Crippen LogP contribution in [-0.4, -0.2) is 201 Å². The highest BCUT2D eigenvalue weighted by molar-refractivity contribution is 5.77. The fourth-order valence-electron chi connectivity index (χ4n) is 10.4. The smallest absolute Gasteiger partial charge is 0.323 e. The monoisotopic (exact) mass is 1780 g/mol. The van der Waals surface area contributed by atoms with Gasteiger partial charge in [0, 0.05) is 246 Å². The molecule has 16 unspecified atom stereocenters. The van der Waals surface area contributed by atoms with E-state index in [1.165, 1.54) is 0 Å². The molecule has 8 aliphatic heterocycles. The third-order valence-corrected chi connectivity index (χ3v) is 15.8. The van der Waals surface area contributed by atoms with Gasteiger partial charge < -0.3 is 79.8 Å². The standard InChI is InChI=1S/4C24H38N2O4/c4*1-14(2)9-17-13-26-8-7-16-10-21(28-5)22(29-6)11-18(16)19(26)12-20(17)30-24(27)23(25)15(3)4/h4*10-11,14-15,17,19-20,23H,7-9,12-13,25H2,1-6H3/t4*17?,19?,20?,23-/m0000/s1/i2*1D3,3D3,4D3,5D3,7D2,8D2,9D2,12D2,13D2,14D,15D,17D,19D,20D,23D;1D3,3D3,4D3,7D2,8D2,9D2,12D2,13D2,14D,15D,17D,19D,20D,23D;1D3,3D3,4D3,7D2,8D2,9D2,12D2,13D2,14D,15D,17D,19D,23D/t4*14?,17?,19?,20?,23-. The fraction of sp³-hybridized carbons (Fsp3) is 0.708. The lowest BCUT2D eigenvalue weighted by atomic mass is 9.79. The van der Waals surface area contributed by atoms with Crippen molar-refractivity contribution in [3.05, 3.63) is 93.0 Å². The molecule has 24 nitrogen and oxygen atoms in total. The van der Waals surface area contributed by atoms with Gasteiger partial charge in [0.25, 0.3) is 0 Å². The van der Waals surface area contributed by atoms with Crippen LogP contribution < -0.4 is 60.8 Å². The summed E-state index contributed by atoms with van der Waals surface area (Å²) in [6.07, 6.45) is -71.0. The molecule has 8 aliphatic rings. The number of rotatable bonds is 28. The first kappa shape index (κ1) is 27.7. The Labute approximate surface area is 866 Å². The van der Waals surface area contributed by atoms with Crippen molar-refractivity contribution in [1.82, 2.24) is 19.6 Å². The van der Waals surface area contributed by atoms with Crippen LogP contribution in [0.4, 0.5) is 0 Å². The molecule has 0 aliphatic carbocycles. The number of benzene rings is 4. The van der Waals surface area contributed by atoms with Gasteiger partial charge in [-0.15, -0.1) is 0 Å². The predicted octanol–water partition coefficient (Wildman–Crippen LogP) is 14.3. The van der Waals surface area contributed by atoms with Crippen LogP contribution in [0.5, 0.6) is 46.0 Å². The number of piperidine rings is 4. The molecule has 20 atom stereocenters. The zero-order valence-corrected chi connectivity index (χ0v) is 64.3. The van der Waals surface area contributed by atoms with Gasteiger partial charge in [0.05, 0.1) is 80.0 Å². The van der Waals surface area contributed by atoms with Crippen LogP contribution in [-0.2, 0) is 63.6 Å². The normalized spacial score (nSPS) is 56.5. The largest absolute Gasteiger partial charge is 0.493 e. The maximum Gasteiger partial charge on any atom is 0.323 e. The maximum atomic E-state index is 14.0. The quantitative estimate of drug-likeness (QED) is 0.0303. The molecule has 8 N–H and O–H groups in total. The first-order chi connectivity index (χ1) is 97.3. The molecule has 4 fully saturated rings. The van der Waals surface area contributed by atoms with Crippen LogP contribution in [0.2, 0.25) is 0 Å². The van der Waals surface area contributed by atoms with Gasteiger partial charge in [0.15, 0.2) is 46.0 Å².